The molecule has 4 rings (SSSR count). The first-order chi connectivity index (χ1) is 14.6. The number of amides is 2. The van der Waals surface area contributed by atoms with Crippen LogP contribution < -0.4 is 16.3 Å². The maximum atomic E-state index is 12.4. The van der Waals surface area contributed by atoms with Crippen molar-refractivity contribution in [1.29, 1.82) is 0 Å². The number of fused-ring (bicyclic) bond motifs is 1. The van der Waals surface area contributed by atoms with E-state index >= 15 is 0 Å². The van der Waals surface area contributed by atoms with Gasteiger partial charge in [0, 0.05) is 43.9 Å². The summed E-state index contributed by atoms with van der Waals surface area (Å²) < 4.78 is 8.62. The lowest BCUT2D eigenvalue weighted by molar-refractivity contribution is -0.124. The zero-order valence-electron chi connectivity index (χ0n) is 16.9. The predicted molar refractivity (Wildman–Crippen MR) is 110 cm³/mol. The van der Waals surface area contributed by atoms with Gasteiger partial charge in [0.25, 0.3) is 11.8 Å². The van der Waals surface area contributed by atoms with Crippen molar-refractivity contribution < 1.29 is 14.3 Å². The van der Waals surface area contributed by atoms with Gasteiger partial charge in [-0.1, -0.05) is 6.07 Å². The van der Waals surface area contributed by atoms with E-state index in [4.69, 9.17) is 4.74 Å². The van der Waals surface area contributed by atoms with Crippen molar-refractivity contribution >= 4 is 17.5 Å². The molecule has 2 aliphatic rings. The number of rotatable bonds is 7. The molecule has 2 amide bonds. The second-order valence-corrected chi connectivity index (χ2v) is 7.71. The highest BCUT2D eigenvalue weighted by molar-refractivity contribution is 5.98. The number of carbonyl (C=O) groups excluding carboxylic acids is 2. The topological polar surface area (TPSA) is 107 Å². The van der Waals surface area contributed by atoms with Gasteiger partial charge in [-0.25, -0.2) is 9.48 Å². The third-order valence-corrected chi connectivity index (χ3v) is 5.48. The monoisotopic (exact) mass is 413 g/mol. The number of hydrogen-bond donors (Lipinski definition) is 2. The molecule has 0 radical (unpaired) electrons. The fraction of sp³-hybridized carbons (Fsp3) is 0.524. The fourth-order valence-corrected chi connectivity index (χ4v) is 3.87. The standard InChI is InChI=1S/C21H27N5O4/c27-19(15-6-3-7-16(14-15)23-20(28)17-8-4-13-30-17)22-10-5-12-26-21(29)25-11-2-1-9-18(25)24-26/h3,6-7,14,17H,1-2,4-5,8-13H2,(H,22,27)(H,23,28). The van der Waals surface area contributed by atoms with Gasteiger partial charge in [0.1, 0.15) is 11.9 Å². The molecule has 9 nitrogen and oxygen atoms in total. The van der Waals surface area contributed by atoms with Crippen molar-refractivity contribution in [1.82, 2.24) is 19.7 Å². The van der Waals surface area contributed by atoms with Crippen molar-refractivity contribution in [2.75, 3.05) is 18.5 Å². The Balaban J connectivity index is 1.26. The first-order valence-electron chi connectivity index (χ1n) is 10.6. The Labute approximate surface area is 174 Å². The van der Waals surface area contributed by atoms with Crippen LogP contribution in [-0.4, -0.2) is 45.4 Å². The van der Waals surface area contributed by atoms with Gasteiger partial charge in [-0.3, -0.25) is 14.2 Å². The molecule has 30 heavy (non-hydrogen) atoms. The molecule has 3 heterocycles. The highest BCUT2D eigenvalue weighted by Gasteiger charge is 2.23. The van der Waals surface area contributed by atoms with Crippen LogP contribution in [0.1, 0.15) is 48.3 Å². The molecular weight excluding hydrogens is 386 g/mol. The van der Waals surface area contributed by atoms with Crippen LogP contribution in [0.25, 0.3) is 0 Å². The number of nitrogens with zero attached hydrogens (tertiary/aromatic N) is 3. The largest absolute Gasteiger partial charge is 0.368 e. The molecule has 0 bridgehead atoms. The van der Waals surface area contributed by atoms with Crippen LogP contribution >= 0.6 is 0 Å². The molecule has 1 fully saturated rings. The summed E-state index contributed by atoms with van der Waals surface area (Å²) in [5, 5.41) is 10.1. The van der Waals surface area contributed by atoms with Gasteiger partial charge in [-0.05, 0) is 50.3 Å². The lowest BCUT2D eigenvalue weighted by Crippen LogP contribution is -2.29. The smallest absolute Gasteiger partial charge is 0.345 e. The molecule has 1 aromatic carbocycles. The summed E-state index contributed by atoms with van der Waals surface area (Å²) in [6, 6.07) is 6.83. The molecule has 2 N–H and O–H groups in total. The second-order valence-electron chi connectivity index (χ2n) is 7.71. The second kappa shape index (κ2) is 9.25. The molecule has 0 aliphatic carbocycles. The highest BCUT2D eigenvalue weighted by Crippen LogP contribution is 2.16. The van der Waals surface area contributed by atoms with Crippen LogP contribution in [0.3, 0.4) is 0 Å². The SMILES string of the molecule is O=C(NCCCn1nc2n(c1=O)CCCC2)c1cccc(NC(=O)C2CCCO2)c1. The fourth-order valence-electron chi connectivity index (χ4n) is 3.87. The van der Waals surface area contributed by atoms with E-state index in [1.807, 2.05) is 0 Å². The number of aromatic nitrogens is 3. The minimum absolute atomic E-state index is 0.0642. The summed E-state index contributed by atoms with van der Waals surface area (Å²) in [5.41, 5.74) is 0.971. The predicted octanol–water partition coefficient (Wildman–Crippen LogP) is 1.32. The molecule has 1 aromatic heterocycles. The Kier molecular flexibility index (Phi) is 6.27. The molecular formula is C21H27N5O4. The molecule has 1 unspecified atom stereocenters. The number of nitrogens with one attached hydrogen (secondary N) is 2. The molecule has 0 saturated carbocycles. The molecule has 0 spiro atoms. The van der Waals surface area contributed by atoms with Crippen LogP contribution in [0, 0.1) is 0 Å². The molecule has 2 aliphatic heterocycles. The van der Waals surface area contributed by atoms with E-state index in [1.165, 1.54) is 4.68 Å². The Hall–Kier alpha value is -2.94. The Bertz CT molecular complexity index is 974. The average molecular weight is 413 g/mol. The molecule has 2 aromatic rings. The number of aryl methyl sites for hydroxylation is 2. The van der Waals surface area contributed by atoms with Crippen LogP contribution in [0.15, 0.2) is 29.1 Å². The van der Waals surface area contributed by atoms with E-state index in [1.54, 1.807) is 28.8 Å². The quantitative estimate of drug-likeness (QED) is 0.666. The van der Waals surface area contributed by atoms with Gasteiger partial charge in [0.15, 0.2) is 0 Å². The summed E-state index contributed by atoms with van der Waals surface area (Å²) in [6.45, 7) is 2.25. The van der Waals surface area contributed by atoms with Crippen LogP contribution in [0.4, 0.5) is 5.69 Å². The van der Waals surface area contributed by atoms with Gasteiger partial charge >= 0.3 is 5.69 Å². The summed E-state index contributed by atoms with van der Waals surface area (Å²) in [5.74, 6) is 0.454. The Morgan fingerprint density at radius 3 is 2.93 bits per heavy atom. The van der Waals surface area contributed by atoms with E-state index in [0.29, 0.717) is 37.4 Å². The van der Waals surface area contributed by atoms with Crippen molar-refractivity contribution in [3.05, 3.63) is 46.1 Å². The van der Waals surface area contributed by atoms with Crippen molar-refractivity contribution in [2.24, 2.45) is 0 Å². The van der Waals surface area contributed by atoms with Gasteiger partial charge in [-0.2, -0.15) is 5.10 Å². The van der Waals surface area contributed by atoms with Gasteiger partial charge in [0.05, 0.1) is 0 Å². The number of anilines is 1. The van der Waals surface area contributed by atoms with Crippen molar-refractivity contribution in [3.63, 3.8) is 0 Å². The maximum Gasteiger partial charge on any atom is 0.345 e. The molecule has 1 atom stereocenters. The minimum atomic E-state index is -0.417. The normalized spacial score (nSPS) is 18.1. The van der Waals surface area contributed by atoms with Crippen molar-refractivity contribution in [2.45, 2.75) is 57.7 Å². The third kappa shape index (κ3) is 4.62. The highest BCUT2D eigenvalue weighted by atomic mass is 16.5. The third-order valence-electron chi connectivity index (χ3n) is 5.48. The van der Waals surface area contributed by atoms with Crippen LogP contribution in [-0.2, 0) is 29.0 Å². The first kappa shape index (κ1) is 20.3. The van der Waals surface area contributed by atoms with Gasteiger partial charge < -0.3 is 15.4 Å². The number of ether oxygens (including phenoxy) is 1. The summed E-state index contributed by atoms with van der Waals surface area (Å²) in [7, 11) is 0. The Morgan fingerprint density at radius 1 is 1.23 bits per heavy atom. The molecule has 9 heteroatoms. The number of hydrogen-bond acceptors (Lipinski definition) is 5. The van der Waals surface area contributed by atoms with Gasteiger partial charge in [0.2, 0.25) is 0 Å². The Morgan fingerprint density at radius 2 is 2.13 bits per heavy atom. The van der Waals surface area contributed by atoms with Crippen LogP contribution in [0.5, 0.6) is 0 Å². The zero-order chi connectivity index (χ0) is 20.9. The lowest BCUT2D eigenvalue weighted by atomic mass is 10.1. The van der Waals surface area contributed by atoms with Crippen molar-refractivity contribution in [3.8, 4) is 0 Å². The van der Waals surface area contributed by atoms with E-state index in [-0.39, 0.29) is 17.5 Å². The first-order valence-corrected chi connectivity index (χ1v) is 10.6. The zero-order valence-corrected chi connectivity index (χ0v) is 16.9. The van der Waals surface area contributed by atoms with Gasteiger partial charge in [-0.15, -0.1) is 0 Å². The maximum absolute atomic E-state index is 12.4. The minimum Gasteiger partial charge on any atom is -0.368 e. The number of benzene rings is 1. The van der Waals surface area contributed by atoms with Crippen LogP contribution in [0.2, 0.25) is 0 Å². The summed E-state index contributed by atoms with van der Waals surface area (Å²) in [6.07, 6.45) is 4.72. The summed E-state index contributed by atoms with van der Waals surface area (Å²) >= 11 is 0. The lowest BCUT2D eigenvalue weighted by Gasteiger charge is -2.11. The molecule has 160 valence electrons. The van der Waals surface area contributed by atoms with E-state index < -0.39 is 6.10 Å². The average Bonchev–Trinajstić information content (AvgIpc) is 3.40. The molecule has 1 saturated heterocycles. The summed E-state index contributed by atoms with van der Waals surface area (Å²) in [4.78, 5) is 36.9. The van der Waals surface area contributed by atoms with E-state index in [9.17, 15) is 14.4 Å². The van der Waals surface area contributed by atoms with E-state index in [0.717, 1.165) is 44.5 Å². The van der Waals surface area contributed by atoms with E-state index in [2.05, 4.69) is 15.7 Å². The number of carbonyl (C=O) groups is 2.